The molecular weight excluding hydrogens is 242 g/mol. The zero-order valence-electron chi connectivity index (χ0n) is 8.73. The summed E-state index contributed by atoms with van der Waals surface area (Å²) >= 11 is 7.89. The monoisotopic (exact) mass is 253 g/mol. The molecule has 1 amide bonds. The smallest absolute Gasteiger partial charge is 0.254 e. The van der Waals surface area contributed by atoms with Crippen molar-refractivity contribution in [3.8, 4) is 0 Å². The first-order valence-electron chi connectivity index (χ1n) is 5.42. The summed E-state index contributed by atoms with van der Waals surface area (Å²) in [5, 5.41) is 1.29. The van der Waals surface area contributed by atoms with Crippen LogP contribution in [0.25, 0.3) is 0 Å². The standard InChI is InChI=1S/C12H12ClNOS/c13-9-3-1-2-8(4-9)12(15)14-6-11-5-10(14)7-16-11/h1-4,10-11H,5-7H2. The predicted octanol–water partition coefficient (Wildman–Crippen LogP) is 2.67. The first-order chi connectivity index (χ1) is 7.74. The molecule has 0 saturated carbocycles. The summed E-state index contributed by atoms with van der Waals surface area (Å²) in [6, 6.07) is 7.67. The van der Waals surface area contributed by atoms with Crippen LogP contribution in [0.2, 0.25) is 5.02 Å². The van der Waals surface area contributed by atoms with Crippen LogP contribution in [0, 0.1) is 0 Å². The third kappa shape index (κ3) is 1.72. The maximum absolute atomic E-state index is 12.2. The Balaban J connectivity index is 1.83. The Morgan fingerprint density at radius 3 is 3.00 bits per heavy atom. The summed E-state index contributed by atoms with van der Waals surface area (Å²) < 4.78 is 0. The van der Waals surface area contributed by atoms with Gasteiger partial charge >= 0.3 is 0 Å². The van der Waals surface area contributed by atoms with Gasteiger partial charge in [0.05, 0.1) is 0 Å². The summed E-state index contributed by atoms with van der Waals surface area (Å²) in [6.07, 6.45) is 1.16. The van der Waals surface area contributed by atoms with Crippen LogP contribution in [0.4, 0.5) is 0 Å². The van der Waals surface area contributed by atoms with Gasteiger partial charge in [-0.05, 0) is 24.6 Å². The number of thioether (sulfide) groups is 1. The molecule has 0 aliphatic carbocycles. The van der Waals surface area contributed by atoms with E-state index in [1.54, 1.807) is 12.1 Å². The predicted molar refractivity (Wildman–Crippen MR) is 67.1 cm³/mol. The van der Waals surface area contributed by atoms with E-state index < -0.39 is 0 Å². The molecule has 0 radical (unpaired) electrons. The van der Waals surface area contributed by atoms with E-state index in [-0.39, 0.29) is 5.91 Å². The van der Waals surface area contributed by atoms with Crippen molar-refractivity contribution in [1.29, 1.82) is 0 Å². The fraction of sp³-hybridized carbons (Fsp3) is 0.417. The highest BCUT2D eigenvalue weighted by Crippen LogP contribution is 2.38. The van der Waals surface area contributed by atoms with Gasteiger partial charge in [-0.15, -0.1) is 0 Å². The third-order valence-corrected chi connectivity index (χ3v) is 4.86. The average molecular weight is 254 g/mol. The number of amides is 1. The van der Waals surface area contributed by atoms with Crippen LogP contribution in [0.15, 0.2) is 24.3 Å². The largest absolute Gasteiger partial charge is 0.334 e. The van der Waals surface area contributed by atoms with Crippen LogP contribution in [0.5, 0.6) is 0 Å². The number of halogens is 1. The summed E-state index contributed by atoms with van der Waals surface area (Å²) in [4.78, 5) is 14.3. The molecule has 2 atom stereocenters. The molecule has 2 nitrogen and oxygen atoms in total. The molecule has 84 valence electrons. The maximum atomic E-state index is 12.2. The summed E-state index contributed by atoms with van der Waals surface area (Å²) in [5.41, 5.74) is 0.713. The molecule has 2 fully saturated rings. The Labute approximate surface area is 104 Å². The van der Waals surface area contributed by atoms with E-state index in [1.165, 1.54) is 0 Å². The van der Waals surface area contributed by atoms with Crippen molar-refractivity contribution in [1.82, 2.24) is 4.90 Å². The third-order valence-electron chi connectivity index (χ3n) is 3.23. The molecule has 2 aliphatic heterocycles. The van der Waals surface area contributed by atoms with E-state index in [0.29, 0.717) is 21.9 Å². The Hall–Kier alpha value is -0.670. The highest BCUT2D eigenvalue weighted by molar-refractivity contribution is 8.00. The van der Waals surface area contributed by atoms with Gasteiger partial charge in [0.25, 0.3) is 5.91 Å². The molecule has 2 aliphatic rings. The van der Waals surface area contributed by atoms with Crippen molar-refractivity contribution in [2.75, 3.05) is 12.3 Å². The minimum absolute atomic E-state index is 0.135. The topological polar surface area (TPSA) is 20.3 Å². The molecule has 1 aromatic carbocycles. The summed E-state index contributed by atoms with van der Waals surface area (Å²) in [6.45, 7) is 0.903. The highest BCUT2D eigenvalue weighted by Gasteiger charge is 2.41. The van der Waals surface area contributed by atoms with Crippen LogP contribution in [0.3, 0.4) is 0 Å². The Morgan fingerprint density at radius 1 is 1.50 bits per heavy atom. The molecule has 0 aromatic heterocycles. The Morgan fingerprint density at radius 2 is 2.38 bits per heavy atom. The molecule has 16 heavy (non-hydrogen) atoms. The Bertz CT molecular complexity index is 437. The number of carbonyl (C=O) groups is 1. The van der Waals surface area contributed by atoms with Crippen LogP contribution >= 0.6 is 23.4 Å². The molecule has 2 heterocycles. The van der Waals surface area contributed by atoms with Gasteiger partial charge in [-0.3, -0.25) is 4.79 Å². The fourth-order valence-corrected chi connectivity index (χ4v) is 4.06. The van der Waals surface area contributed by atoms with Crippen molar-refractivity contribution in [3.63, 3.8) is 0 Å². The second kappa shape index (κ2) is 3.97. The first-order valence-corrected chi connectivity index (χ1v) is 6.85. The van der Waals surface area contributed by atoms with Gasteiger partial charge in [0.15, 0.2) is 0 Å². The van der Waals surface area contributed by atoms with Crippen molar-refractivity contribution in [2.24, 2.45) is 0 Å². The van der Waals surface area contributed by atoms with E-state index in [9.17, 15) is 4.79 Å². The lowest BCUT2D eigenvalue weighted by molar-refractivity contribution is 0.0747. The highest BCUT2D eigenvalue weighted by atomic mass is 35.5. The quantitative estimate of drug-likeness (QED) is 0.767. The van der Waals surface area contributed by atoms with Gasteiger partial charge in [-0.1, -0.05) is 17.7 Å². The number of nitrogens with zero attached hydrogens (tertiary/aromatic N) is 1. The zero-order valence-corrected chi connectivity index (χ0v) is 10.3. The summed E-state index contributed by atoms with van der Waals surface area (Å²) in [7, 11) is 0. The fourth-order valence-electron chi connectivity index (χ4n) is 2.44. The molecule has 0 spiro atoms. The van der Waals surface area contributed by atoms with E-state index in [0.717, 1.165) is 18.7 Å². The van der Waals surface area contributed by atoms with Crippen molar-refractivity contribution in [2.45, 2.75) is 17.7 Å². The van der Waals surface area contributed by atoms with Crippen LogP contribution in [-0.4, -0.2) is 34.4 Å². The van der Waals surface area contributed by atoms with E-state index >= 15 is 0 Å². The summed E-state index contributed by atoms with van der Waals surface area (Å²) in [5.74, 6) is 1.23. The van der Waals surface area contributed by atoms with Gasteiger partial charge in [0.2, 0.25) is 0 Å². The average Bonchev–Trinajstić information content (AvgIpc) is 2.89. The number of likely N-dealkylation sites (tertiary alicyclic amines) is 1. The molecule has 2 saturated heterocycles. The minimum atomic E-state index is 0.135. The molecular formula is C12H12ClNOS. The number of hydrogen-bond acceptors (Lipinski definition) is 2. The second-order valence-electron chi connectivity index (χ2n) is 4.31. The van der Waals surface area contributed by atoms with Crippen LogP contribution in [0.1, 0.15) is 16.8 Å². The lowest BCUT2D eigenvalue weighted by Gasteiger charge is -2.26. The zero-order chi connectivity index (χ0) is 11.1. The van der Waals surface area contributed by atoms with Crippen molar-refractivity contribution >= 4 is 29.3 Å². The molecule has 4 heteroatoms. The van der Waals surface area contributed by atoms with Gasteiger partial charge in [-0.25, -0.2) is 0 Å². The molecule has 2 unspecified atom stereocenters. The van der Waals surface area contributed by atoms with Crippen molar-refractivity contribution < 1.29 is 4.79 Å². The number of rotatable bonds is 1. The van der Waals surface area contributed by atoms with Gasteiger partial charge in [-0.2, -0.15) is 11.8 Å². The van der Waals surface area contributed by atoms with E-state index in [4.69, 9.17) is 11.6 Å². The lowest BCUT2D eigenvalue weighted by atomic mass is 10.2. The number of fused-ring (bicyclic) bond motifs is 2. The molecule has 0 N–H and O–H groups in total. The first kappa shape index (κ1) is 10.5. The van der Waals surface area contributed by atoms with Crippen LogP contribution in [-0.2, 0) is 0 Å². The normalized spacial score (nSPS) is 27.4. The minimum Gasteiger partial charge on any atom is -0.334 e. The van der Waals surface area contributed by atoms with Crippen molar-refractivity contribution in [3.05, 3.63) is 34.9 Å². The number of carbonyl (C=O) groups excluding carboxylic acids is 1. The van der Waals surface area contributed by atoms with E-state index in [1.807, 2.05) is 28.8 Å². The van der Waals surface area contributed by atoms with Gasteiger partial charge in [0, 0.05) is 34.2 Å². The maximum Gasteiger partial charge on any atom is 0.254 e. The molecule has 2 bridgehead atoms. The lowest BCUT2D eigenvalue weighted by Crippen LogP contribution is -2.39. The SMILES string of the molecule is O=C(c1cccc(Cl)c1)N1CC2CC1CS2. The number of hydrogen-bond donors (Lipinski definition) is 0. The molecule has 3 rings (SSSR count). The van der Waals surface area contributed by atoms with E-state index in [2.05, 4.69) is 0 Å². The Kier molecular flexibility index (Phi) is 2.60. The van der Waals surface area contributed by atoms with Gasteiger partial charge < -0.3 is 4.90 Å². The van der Waals surface area contributed by atoms with Gasteiger partial charge in [0.1, 0.15) is 0 Å². The van der Waals surface area contributed by atoms with Crippen LogP contribution < -0.4 is 0 Å². The number of benzene rings is 1. The second-order valence-corrected chi connectivity index (χ2v) is 6.08. The molecule has 1 aromatic rings.